The second kappa shape index (κ2) is 8.89. The SMILES string of the molecule is Cc1ccc(-c2nnc(SCC(=O)NCc3ccc(F)cc3)c3nc(C)sc23)cc1. The van der Waals surface area contributed by atoms with Crippen LogP contribution in [0.25, 0.3) is 21.5 Å². The van der Waals surface area contributed by atoms with Gasteiger partial charge in [-0.15, -0.1) is 21.5 Å². The molecule has 4 rings (SSSR count). The molecule has 30 heavy (non-hydrogen) atoms. The molecule has 0 spiro atoms. The van der Waals surface area contributed by atoms with Gasteiger partial charge in [-0.05, 0) is 31.5 Å². The lowest BCUT2D eigenvalue weighted by Gasteiger charge is -2.07. The standard InChI is InChI=1S/C22H19FN4OS2/c1-13-3-7-16(8-4-13)19-21-20(25-14(2)30-21)22(27-26-19)29-12-18(28)24-11-15-5-9-17(23)10-6-15/h3-10H,11-12H2,1-2H3,(H,24,28). The van der Waals surface area contributed by atoms with Crippen molar-refractivity contribution in [1.82, 2.24) is 20.5 Å². The van der Waals surface area contributed by atoms with Crippen molar-refractivity contribution in [3.8, 4) is 11.3 Å². The molecule has 0 bridgehead atoms. The van der Waals surface area contributed by atoms with Crippen molar-refractivity contribution in [2.45, 2.75) is 25.4 Å². The summed E-state index contributed by atoms with van der Waals surface area (Å²) < 4.78 is 13.9. The van der Waals surface area contributed by atoms with E-state index in [1.54, 1.807) is 23.5 Å². The molecule has 2 aromatic heterocycles. The van der Waals surface area contributed by atoms with E-state index in [1.165, 1.54) is 29.5 Å². The largest absolute Gasteiger partial charge is 0.351 e. The minimum atomic E-state index is -0.295. The second-order valence-corrected chi connectivity index (χ2v) is 8.99. The molecular weight excluding hydrogens is 419 g/mol. The maximum atomic E-state index is 13.0. The number of benzene rings is 2. The van der Waals surface area contributed by atoms with Crippen LogP contribution in [0.15, 0.2) is 53.6 Å². The molecule has 0 fully saturated rings. The number of carbonyl (C=O) groups is 1. The van der Waals surface area contributed by atoms with Crippen LogP contribution in [0.3, 0.4) is 0 Å². The Hall–Kier alpha value is -2.84. The van der Waals surface area contributed by atoms with Crippen molar-refractivity contribution < 1.29 is 9.18 Å². The minimum absolute atomic E-state index is 0.131. The van der Waals surface area contributed by atoms with Gasteiger partial charge in [-0.2, -0.15) is 0 Å². The molecule has 0 radical (unpaired) electrons. The number of amides is 1. The van der Waals surface area contributed by atoms with Crippen molar-refractivity contribution in [2.75, 3.05) is 5.75 Å². The third-order valence-corrected chi connectivity index (χ3v) is 6.39. The average Bonchev–Trinajstić information content (AvgIpc) is 3.14. The summed E-state index contributed by atoms with van der Waals surface area (Å²) in [5.74, 6) is -0.226. The normalized spacial score (nSPS) is 11.0. The van der Waals surface area contributed by atoms with Crippen LogP contribution in [0.5, 0.6) is 0 Å². The van der Waals surface area contributed by atoms with Crippen LogP contribution in [0.4, 0.5) is 4.39 Å². The Bertz CT molecular complexity index is 1190. The van der Waals surface area contributed by atoms with Crippen LogP contribution in [-0.2, 0) is 11.3 Å². The van der Waals surface area contributed by atoms with Gasteiger partial charge >= 0.3 is 0 Å². The molecule has 0 atom stereocenters. The summed E-state index contributed by atoms with van der Waals surface area (Å²) in [6.07, 6.45) is 0. The molecular formula is C22H19FN4OS2. The monoisotopic (exact) mass is 438 g/mol. The van der Waals surface area contributed by atoms with Crippen molar-refractivity contribution in [3.63, 3.8) is 0 Å². The van der Waals surface area contributed by atoms with Gasteiger partial charge in [-0.25, -0.2) is 9.37 Å². The fourth-order valence-electron chi connectivity index (χ4n) is 2.91. The molecule has 152 valence electrons. The predicted octanol–water partition coefficient (Wildman–Crippen LogP) is 4.92. The number of hydrogen-bond acceptors (Lipinski definition) is 6. The third kappa shape index (κ3) is 4.66. The Morgan fingerprint density at radius 2 is 1.80 bits per heavy atom. The highest BCUT2D eigenvalue weighted by Crippen LogP contribution is 2.35. The molecule has 0 aliphatic rings. The Labute approximate surface area is 181 Å². The van der Waals surface area contributed by atoms with Gasteiger partial charge in [-0.3, -0.25) is 4.79 Å². The van der Waals surface area contributed by atoms with Gasteiger partial charge in [0, 0.05) is 12.1 Å². The van der Waals surface area contributed by atoms with Crippen LogP contribution in [0.1, 0.15) is 16.1 Å². The summed E-state index contributed by atoms with van der Waals surface area (Å²) in [4.78, 5) is 16.9. The lowest BCUT2D eigenvalue weighted by atomic mass is 10.1. The average molecular weight is 439 g/mol. The molecule has 8 heteroatoms. The summed E-state index contributed by atoms with van der Waals surface area (Å²) in [5.41, 5.74) is 4.60. The summed E-state index contributed by atoms with van der Waals surface area (Å²) in [7, 11) is 0. The Kier molecular flexibility index (Phi) is 6.06. The van der Waals surface area contributed by atoms with Crippen LogP contribution in [-0.4, -0.2) is 26.8 Å². The number of aromatic nitrogens is 3. The first-order chi connectivity index (χ1) is 14.5. The molecule has 2 heterocycles. The fraction of sp³-hybridized carbons (Fsp3) is 0.182. The number of hydrogen-bond donors (Lipinski definition) is 1. The summed E-state index contributed by atoms with van der Waals surface area (Å²) >= 11 is 2.89. The van der Waals surface area contributed by atoms with Crippen LogP contribution in [0, 0.1) is 19.7 Å². The first kappa shape index (κ1) is 20.4. The van der Waals surface area contributed by atoms with Crippen LogP contribution < -0.4 is 5.32 Å². The molecule has 0 aliphatic heterocycles. The maximum Gasteiger partial charge on any atom is 0.230 e. The number of rotatable bonds is 6. The molecule has 0 aliphatic carbocycles. The zero-order chi connectivity index (χ0) is 21.1. The van der Waals surface area contributed by atoms with Gasteiger partial charge in [0.05, 0.1) is 15.5 Å². The zero-order valence-electron chi connectivity index (χ0n) is 16.5. The van der Waals surface area contributed by atoms with E-state index in [0.29, 0.717) is 11.6 Å². The smallest absolute Gasteiger partial charge is 0.230 e. The highest BCUT2D eigenvalue weighted by atomic mass is 32.2. The van der Waals surface area contributed by atoms with Crippen LogP contribution in [0.2, 0.25) is 0 Å². The number of aryl methyl sites for hydroxylation is 2. The van der Waals surface area contributed by atoms with E-state index in [4.69, 9.17) is 0 Å². The van der Waals surface area contributed by atoms with E-state index < -0.39 is 0 Å². The van der Waals surface area contributed by atoms with E-state index in [2.05, 4.69) is 20.5 Å². The number of thiazole rings is 1. The highest BCUT2D eigenvalue weighted by molar-refractivity contribution is 8.00. The van der Waals surface area contributed by atoms with Crippen LogP contribution >= 0.6 is 23.1 Å². The van der Waals surface area contributed by atoms with Gasteiger partial charge in [0.2, 0.25) is 5.91 Å². The van der Waals surface area contributed by atoms with Gasteiger partial charge in [0.25, 0.3) is 0 Å². The molecule has 0 saturated carbocycles. The number of carbonyl (C=O) groups excluding carboxylic acids is 1. The first-order valence-corrected chi connectivity index (χ1v) is 11.1. The second-order valence-electron chi connectivity index (χ2n) is 6.82. The predicted molar refractivity (Wildman–Crippen MR) is 119 cm³/mol. The Morgan fingerprint density at radius 3 is 2.53 bits per heavy atom. The number of nitrogens with one attached hydrogen (secondary N) is 1. The Morgan fingerprint density at radius 1 is 1.07 bits per heavy atom. The first-order valence-electron chi connectivity index (χ1n) is 9.34. The minimum Gasteiger partial charge on any atom is -0.351 e. The van der Waals surface area contributed by atoms with E-state index >= 15 is 0 Å². The topological polar surface area (TPSA) is 67.8 Å². The fourth-order valence-corrected chi connectivity index (χ4v) is 4.65. The lowest BCUT2D eigenvalue weighted by Crippen LogP contribution is -2.24. The third-order valence-electron chi connectivity index (χ3n) is 4.46. The van der Waals surface area contributed by atoms with E-state index in [9.17, 15) is 9.18 Å². The number of fused-ring (bicyclic) bond motifs is 1. The molecule has 0 saturated heterocycles. The summed E-state index contributed by atoms with van der Waals surface area (Å²) in [6.45, 7) is 4.35. The number of thioether (sulfide) groups is 1. The summed E-state index contributed by atoms with van der Waals surface area (Å²) in [6, 6.07) is 14.2. The highest BCUT2D eigenvalue weighted by Gasteiger charge is 2.16. The van der Waals surface area contributed by atoms with Gasteiger partial charge in [0.15, 0.2) is 0 Å². The Balaban J connectivity index is 1.48. The van der Waals surface area contributed by atoms with E-state index in [1.807, 2.05) is 38.1 Å². The molecule has 5 nitrogen and oxygen atoms in total. The molecule has 1 N–H and O–H groups in total. The summed E-state index contributed by atoms with van der Waals surface area (Å²) in [5, 5.41) is 13.2. The van der Waals surface area contributed by atoms with Gasteiger partial charge in [0.1, 0.15) is 22.1 Å². The quantitative estimate of drug-likeness (QED) is 0.433. The number of halogens is 1. The van der Waals surface area contributed by atoms with Gasteiger partial charge < -0.3 is 5.32 Å². The molecule has 4 aromatic rings. The molecule has 1 amide bonds. The van der Waals surface area contributed by atoms with E-state index in [-0.39, 0.29) is 17.5 Å². The zero-order valence-corrected chi connectivity index (χ0v) is 18.1. The van der Waals surface area contributed by atoms with Crippen molar-refractivity contribution >= 4 is 39.2 Å². The van der Waals surface area contributed by atoms with Gasteiger partial charge in [-0.1, -0.05) is 53.7 Å². The number of nitrogens with zero attached hydrogens (tertiary/aromatic N) is 3. The maximum absolute atomic E-state index is 13.0. The van der Waals surface area contributed by atoms with Crippen molar-refractivity contribution in [2.24, 2.45) is 0 Å². The van der Waals surface area contributed by atoms with Crippen molar-refractivity contribution in [1.29, 1.82) is 0 Å². The molecule has 0 unspecified atom stereocenters. The lowest BCUT2D eigenvalue weighted by molar-refractivity contribution is -0.118. The molecule has 2 aromatic carbocycles. The van der Waals surface area contributed by atoms with Crippen molar-refractivity contribution in [3.05, 3.63) is 70.5 Å². The van der Waals surface area contributed by atoms with E-state index in [0.717, 1.165) is 32.0 Å².